The third kappa shape index (κ3) is 3.73. The van der Waals surface area contributed by atoms with Gasteiger partial charge >= 0.3 is 12.4 Å². The van der Waals surface area contributed by atoms with Gasteiger partial charge in [0.05, 0.1) is 18.4 Å². The summed E-state index contributed by atoms with van der Waals surface area (Å²) in [5.41, 5.74) is -0.524. The molecule has 148 valence electrons. The Morgan fingerprint density at radius 1 is 1.04 bits per heavy atom. The van der Waals surface area contributed by atoms with E-state index in [0.29, 0.717) is 0 Å². The second kappa shape index (κ2) is 6.35. The molecule has 0 spiro atoms. The molecule has 28 heavy (non-hydrogen) atoms. The lowest BCUT2D eigenvalue weighted by Crippen LogP contribution is -2.15. The fourth-order valence-corrected chi connectivity index (χ4v) is 2.75. The predicted molar refractivity (Wildman–Crippen MR) is 87.5 cm³/mol. The van der Waals surface area contributed by atoms with Gasteiger partial charge in [-0.2, -0.15) is 26.3 Å². The van der Waals surface area contributed by atoms with Crippen LogP contribution in [0.5, 0.6) is 0 Å². The number of aromatic nitrogens is 4. The highest BCUT2D eigenvalue weighted by atomic mass is 19.4. The van der Waals surface area contributed by atoms with Crippen LogP contribution in [0.2, 0.25) is 0 Å². The first-order valence-electron chi connectivity index (χ1n) is 8.34. The number of nitrogens with one attached hydrogen (secondary N) is 1. The molecule has 2 aromatic heterocycles. The van der Waals surface area contributed by atoms with Crippen LogP contribution in [0.25, 0.3) is 11.2 Å². The Balaban J connectivity index is 1.75. The number of hydrogen-bond donors (Lipinski definition) is 1. The standard InChI is InChI=1S/C17H13F6N5/c18-16(19,20)10-3-1-2-9(6-10)7-28-8-24-12-13(25-11-4-5-11)26-15(17(21,22)23)27-14(12)28/h1-3,6,8,11H,4-5,7H2,(H,25,26,27). The van der Waals surface area contributed by atoms with E-state index in [0.717, 1.165) is 25.0 Å². The van der Waals surface area contributed by atoms with Gasteiger partial charge in [0.25, 0.3) is 0 Å². The van der Waals surface area contributed by atoms with Gasteiger partial charge < -0.3 is 9.88 Å². The molecule has 4 rings (SSSR count). The van der Waals surface area contributed by atoms with Crippen molar-refractivity contribution in [2.45, 2.75) is 37.8 Å². The topological polar surface area (TPSA) is 55.6 Å². The van der Waals surface area contributed by atoms with E-state index in [4.69, 9.17) is 0 Å². The third-order valence-electron chi connectivity index (χ3n) is 4.24. The van der Waals surface area contributed by atoms with E-state index in [1.807, 2.05) is 0 Å². The molecule has 0 unspecified atom stereocenters. The number of rotatable bonds is 4. The summed E-state index contributed by atoms with van der Waals surface area (Å²) in [6.07, 6.45) is -6.40. The van der Waals surface area contributed by atoms with Gasteiger partial charge in [-0.1, -0.05) is 12.1 Å². The van der Waals surface area contributed by atoms with Crippen LogP contribution in [0, 0.1) is 0 Å². The average Bonchev–Trinajstić information content (AvgIpc) is 3.33. The highest BCUT2D eigenvalue weighted by Crippen LogP contribution is 2.33. The van der Waals surface area contributed by atoms with E-state index >= 15 is 0 Å². The molecule has 0 aliphatic heterocycles. The summed E-state index contributed by atoms with van der Waals surface area (Å²) >= 11 is 0. The first kappa shape index (κ1) is 18.5. The molecule has 1 aromatic carbocycles. The molecule has 0 amide bonds. The monoisotopic (exact) mass is 401 g/mol. The number of hydrogen-bond acceptors (Lipinski definition) is 4. The lowest BCUT2D eigenvalue weighted by Gasteiger charge is -2.11. The van der Waals surface area contributed by atoms with Gasteiger partial charge in [0.2, 0.25) is 5.82 Å². The summed E-state index contributed by atoms with van der Waals surface area (Å²) in [6, 6.07) is 4.61. The predicted octanol–water partition coefficient (Wildman–Crippen LogP) is 4.49. The van der Waals surface area contributed by atoms with E-state index in [-0.39, 0.29) is 35.1 Å². The summed E-state index contributed by atoms with van der Waals surface area (Å²) in [5.74, 6) is -1.35. The molecule has 0 saturated heterocycles. The zero-order valence-electron chi connectivity index (χ0n) is 14.1. The highest BCUT2D eigenvalue weighted by Gasteiger charge is 2.37. The summed E-state index contributed by atoms with van der Waals surface area (Å²) in [7, 11) is 0. The summed E-state index contributed by atoms with van der Waals surface area (Å²) in [5, 5.41) is 2.90. The SMILES string of the molecule is FC(F)(F)c1cccc(Cn2cnc3c(NC4CC4)nc(C(F)(F)F)nc32)c1. The normalized spacial score (nSPS) is 15.2. The maximum absolute atomic E-state index is 13.2. The molecule has 1 saturated carbocycles. The van der Waals surface area contributed by atoms with E-state index in [2.05, 4.69) is 20.3 Å². The largest absolute Gasteiger partial charge is 0.451 e. The van der Waals surface area contributed by atoms with Crippen molar-refractivity contribution in [1.29, 1.82) is 0 Å². The number of nitrogens with zero attached hydrogens (tertiary/aromatic N) is 4. The summed E-state index contributed by atoms with van der Waals surface area (Å²) in [4.78, 5) is 11.2. The fourth-order valence-electron chi connectivity index (χ4n) is 2.75. The Hall–Kier alpha value is -2.85. The minimum absolute atomic E-state index is 0.0254. The van der Waals surface area contributed by atoms with E-state index in [1.165, 1.54) is 23.0 Å². The maximum atomic E-state index is 13.2. The number of alkyl halides is 6. The molecule has 1 N–H and O–H groups in total. The number of benzene rings is 1. The van der Waals surface area contributed by atoms with Crippen LogP contribution in [0.3, 0.4) is 0 Å². The zero-order valence-corrected chi connectivity index (χ0v) is 14.1. The van der Waals surface area contributed by atoms with Crippen molar-refractivity contribution in [1.82, 2.24) is 19.5 Å². The average molecular weight is 401 g/mol. The van der Waals surface area contributed by atoms with Crippen molar-refractivity contribution in [2.24, 2.45) is 0 Å². The molecule has 0 bridgehead atoms. The van der Waals surface area contributed by atoms with Crippen LogP contribution in [-0.4, -0.2) is 25.6 Å². The molecular weight excluding hydrogens is 388 g/mol. The summed E-state index contributed by atoms with van der Waals surface area (Å²) in [6.45, 7) is -0.113. The van der Waals surface area contributed by atoms with E-state index in [9.17, 15) is 26.3 Å². The van der Waals surface area contributed by atoms with Crippen molar-refractivity contribution >= 4 is 17.0 Å². The summed E-state index contributed by atoms with van der Waals surface area (Å²) < 4.78 is 79.5. The van der Waals surface area contributed by atoms with Gasteiger partial charge in [-0.15, -0.1) is 0 Å². The molecule has 1 aliphatic rings. The Bertz CT molecular complexity index is 1020. The molecule has 0 atom stereocenters. The Morgan fingerprint density at radius 3 is 2.43 bits per heavy atom. The molecule has 1 fully saturated rings. The van der Waals surface area contributed by atoms with Crippen molar-refractivity contribution in [3.05, 3.63) is 47.5 Å². The van der Waals surface area contributed by atoms with Crippen molar-refractivity contribution in [3.63, 3.8) is 0 Å². The van der Waals surface area contributed by atoms with Gasteiger partial charge in [-0.3, -0.25) is 0 Å². The van der Waals surface area contributed by atoms with Crippen LogP contribution in [-0.2, 0) is 18.9 Å². The van der Waals surface area contributed by atoms with Gasteiger partial charge in [0.1, 0.15) is 5.52 Å². The Labute approximate surface area is 154 Å². The number of anilines is 1. The molecule has 0 radical (unpaired) electrons. The second-order valence-electron chi connectivity index (χ2n) is 6.56. The van der Waals surface area contributed by atoms with Crippen LogP contribution < -0.4 is 5.32 Å². The van der Waals surface area contributed by atoms with Crippen LogP contribution in [0.15, 0.2) is 30.6 Å². The maximum Gasteiger partial charge on any atom is 0.451 e. The molecule has 3 aromatic rings. The first-order chi connectivity index (χ1) is 13.1. The van der Waals surface area contributed by atoms with Gasteiger partial charge in [-0.25, -0.2) is 15.0 Å². The molecule has 5 nitrogen and oxygen atoms in total. The van der Waals surface area contributed by atoms with Crippen molar-refractivity contribution in [2.75, 3.05) is 5.32 Å². The lowest BCUT2D eigenvalue weighted by molar-refractivity contribution is -0.144. The Morgan fingerprint density at radius 2 is 1.79 bits per heavy atom. The zero-order chi connectivity index (χ0) is 20.1. The minimum atomic E-state index is -4.76. The smallest absolute Gasteiger partial charge is 0.365 e. The van der Waals surface area contributed by atoms with E-state index < -0.39 is 23.7 Å². The lowest BCUT2D eigenvalue weighted by atomic mass is 10.1. The number of imidazole rings is 1. The van der Waals surface area contributed by atoms with Gasteiger partial charge in [0.15, 0.2) is 11.5 Å². The number of halogens is 6. The third-order valence-corrected chi connectivity index (χ3v) is 4.24. The van der Waals surface area contributed by atoms with Crippen LogP contribution >= 0.6 is 0 Å². The second-order valence-corrected chi connectivity index (χ2v) is 6.56. The van der Waals surface area contributed by atoms with Crippen LogP contribution in [0.4, 0.5) is 32.2 Å². The fraction of sp³-hybridized carbons (Fsp3) is 0.353. The van der Waals surface area contributed by atoms with Gasteiger partial charge in [0, 0.05) is 6.04 Å². The molecular formula is C17H13F6N5. The van der Waals surface area contributed by atoms with E-state index in [1.54, 1.807) is 0 Å². The first-order valence-corrected chi connectivity index (χ1v) is 8.34. The Kier molecular flexibility index (Phi) is 4.20. The highest BCUT2D eigenvalue weighted by molar-refractivity contribution is 5.83. The van der Waals surface area contributed by atoms with Crippen LogP contribution in [0.1, 0.15) is 29.8 Å². The molecule has 2 heterocycles. The molecule has 1 aliphatic carbocycles. The van der Waals surface area contributed by atoms with Crippen molar-refractivity contribution in [3.8, 4) is 0 Å². The van der Waals surface area contributed by atoms with Gasteiger partial charge in [-0.05, 0) is 30.5 Å². The minimum Gasteiger partial charge on any atom is -0.365 e. The molecule has 11 heteroatoms. The number of fused-ring (bicyclic) bond motifs is 1. The quantitative estimate of drug-likeness (QED) is 0.655. The van der Waals surface area contributed by atoms with Crippen molar-refractivity contribution < 1.29 is 26.3 Å².